The van der Waals surface area contributed by atoms with E-state index in [0.29, 0.717) is 19.4 Å². The molecular formula is C10H18F3N. The molecule has 0 rings (SSSR count). The Bertz CT molecular complexity index is 175. The largest absolute Gasteiger partial charge is 0.403 e. The van der Waals surface area contributed by atoms with Crippen molar-refractivity contribution in [1.29, 1.82) is 0 Å². The van der Waals surface area contributed by atoms with Crippen LogP contribution in [0.1, 0.15) is 33.1 Å². The van der Waals surface area contributed by atoms with Crippen LogP contribution >= 0.6 is 0 Å². The van der Waals surface area contributed by atoms with E-state index < -0.39 is 12.2 Å². The Labute approximate surface area is 83.4 Å². The maximum atomic E-state index is 12.4. The molecule has 0 saturated carbocycles. The molecule has 1 N–H and O–H groups in total. The van der Waals surface area contributed by atoms with Gasteiger partial charge in [0.2, 0.25) is 0 Å². The molecule has 0 aromatic carbocycles. The lowest BCUT2D eigenvalue weighted by atomic mass is 10.1. The van der Waals surface area contributed by atoms with Gasteiger partial charge in [0.25, 0.3) is 0 Å². The molecule has 0 aliphatic carbocycles. The second-order valence-corrected chi connectivity index (χ2v) is 3.54. The molecule has 84 valence electrons. The predicted octanol–water partition coefficient (Wildman–Crippen LogP) is 3.27. The maximum absolute atomic E-state index is 12.4. The first kappa shape index (κ1) is 13.5. The fraction of sp³-hybridized carbons (Fsp3) is 0.800. The van der Waals surface area contributed by atoms with E-state index in [0.717, 1.165) is 5.57 Å². The number of nitrogens with one attached hydrogen (secondary N) is 1. The number of halogens is 3. The highest BCUT2D eigenvalue weighted by atomic mass is 19.4. The smallest absolute Gasteiger partial charge is 0.306 e. The topological polar surface area (TPSA) is 12.0 Å². The van der Waals surface area contributed by atoms with E-state index >= 15 is 0 Å². The fourth-order valence-electron chi connectivity index (χ4n) is 1.09. The van der Waals surface area contributed by atoms with Crippen LogP contribution in [0.3, 0.4) is 0 Å². The van der Waals surface area contributed by atoms with Gasteiger partial charge >= 0.3 is 6.18 Å². The molecule has 0 aliphatic rings. The van der Waals surface area contributed by atoms with Crippen LogP contribution in [0.15, 0.2) is 12.2 Å². The molecule has 0 radical (unpaired) electrons. The van der Waals surface area contributed by atoms with E-state index in [4.69, 9.17) is 0 Å². The number of allylic oxidation sites excluding steroid dienone is 1. The summed E-state index contributed by atoms with van der Waals surface area (Å²) in [7, 11) is 0. The van der Waals surface area contributed by atoms with Crippen LogP contribution in [0.2, 0.25) is 0 Å². The lowest BCUT2D eigenvalue weighted by Crippen LogP contribution is -2.42. The zero-order chi connectivity index (χ0) is 11.2. The second kappa shape index (κ2) is 6.06. The van der Waals surface area contributed by atoms with E-state index in [9.17, 15) is 13.2 Å². The Morgan fingerprint density at radius 3 is 2.36 bits per heavy atom. The highest BCUT2D eigenvalue weighted by molar-refractivity contribution is 4.90. The highest BCUT2D eigenvalue weighted by Gasteiger charge is 2.38. The van der Waals surface area contributed by atoms with Crippen LogP contribution in [-0.2, 0) is 0 Å². The molecule has 0 spiro atoms. The molecule has 0 aliphatic heterocycles. The summed E-state index contributed by atoms with van der Waals surface area (Å²) in [5.74, 6) is 0. The van der Waals surface area contributed by atoms with Crippen LogP contribution in [0.5, 0.6) is 0 Å². The van der Waals surface area contributed by atoms with E-state index in [1.807, 2.05) is 6.92 Å². The Morgan fingerprint density at radius 1 is 1.43 bits per heavy atom. The minimum atomic E-state index is -4.15. The summed E-state index contributed by atoms with van der Waals surface area (Å²) in [6.07, 6.45) is -2.94. The zero-order valence-corrected chi connectivity index (χ0v) is 8.75. The zero-order valence-electron chi connectivity index (χ0n) is 8.75. The number of alkyl halides is 3. The van der Waals surface area contributed by atoms with E-state index in [-0.39, 0.29) is 6.42 Å². The first-order chi connectivity index (χ1) is 6.38. The molecule has 0 bridgehead atoms. The second-order valence-electron chi connectivity index (χ2n) is 3.54. The lowest BCUT2D eigenvalue weighted by molar-refractivity contribution is -0.157. The third kappa shape index (κ3) is 6.02. The molecule has 1 atom stereocenters. The van der Waals surface area contributed by atoms with Gasteiger partial charge < -0.3 is 5.32 Å². The van der Waals surface area contributed by atoms with Crippen LogP contribution in [-0.4, -0.2) is 18.8 Å². The normalized spacial score (nSPS) is 14.1. The predicted molar refractivity (Wildman–Crippen MR) is 52.2 cm³/mol. The van der Waals surface area contributed by atoms with Gasteiger partial charge in [0, 0.05) is 0 Å². The Morgan fingerprint density at radius 2 is 2.00 bits per heavy atom. The van der Waals surface area contributed by atoms with Crippen molar-refractivity contribution in [3.63, 3.8) is 0 Å². The van der Waals surface area contributed by atoms with Gasteiger partial charge in [0.05, 0.1) is 0 Å². The van der Waals surface area contributed by atoms with Crippen LogP contribution < -0.4 is 5.32 Å². The van der Waals surface area contributed by atoms with Gasteiger partial charge in [-0.3, -0.25) is 0 Å². The molecule has 0 aromatic heterocycles. The first-order valence-corrected chi connectivity index (χ1v) is 4.82. The molecular weight excluding hydrogens is 191 g/mol. The van der Waals surface area contributed by atoms with Crippen molar-refractivity contribution in [2.45, 2.75) is 45.3 Å². The van der Waals surface area contributed by atoms with Crippen molar-refractivity contribution >= 4 is 0 Å². The molecule has 1 unspecified atom stereocenters. The molecule has 14 heavy (non-hydrogen) atoms. The molecule has 4 heteroatoms. The van der Waals surface area contributed by atoms with E-state index in [2.05, 4.69) is 11.9 Å². The van der Waals surface area contributed by atoms with Crippen molar-refractivity contribution in [2.75, 3.05) is 6.54 Å². The van der Waals surface area contributed by atoms with Crippen molar-refractivity contribution in [3.05, 3.63) is 12.2 Å². The molecule has 0 saturated heterocycles. The summed E-state index contributed by atoms with van der Waals surface area (Å²) < 4.78 is 37.2. The Kier molecular flexibility index (Phi) is 5.84. The quantitative estimate of drug-likeness (QED) is 0.662. The minimum Gasteiger partial charge on any atom is -0.306 e. The number of hydrogen-bond donors (Lipinski definition) is 1. The summed E-state index contributed by atoms with van der Waals surface area (Å²) in [4.78, 5) is 0. The average Bonchev–Trinajstić information content (AvgIpc) is 2.01. The summed E-state index contributed by atoms with van der Waals surface area (Å²) >= 11 is 0. The van der Waals surface area contributed by atoms with Gasteiger partial charge in [-0.25, -0.2) is 0 Å². The minimum absolute atomic E-state index is 0.0822. The summed E-state index contributed by atoms with van der Waals surface area (Å²) in [6.45, 7) is 7.59. The number of rotatable bonds is 6. The van der Waals surface area contributed by atoms with E-state index in [1.165, 1.54) is 0 Å². The third-order valence-corrected chi connectivity index (χ3v) is 1.90. The van der Waals surface area contributed by atoms with Gasteiger partial charge in [-0.2, -0.15) is 13.2 Å². The van der Waals surface area contributed by atoms with Gasteiger partial charge in [-0.05, 0) is 32.7 Å². The van der Waals surface area contributed by atoms with Crippen LogP contribution in [0.25, 0.3) is 0 Å². The molecule has 0 amide bonds. The third-order valence-electron chi connectivity index (χ3n) is 1.90. The fourth-order valence-corrected chi connectivity index (χ4v) is 1.09. The van der Waals surface area contributed by atoms with Gasteiger partial charge in [0.15, 0.2) is 0 Å². The maximum Gasteiger partial charge on any atom is 0.403 e. The Balaban J connectivity index is 4.04. The average molecular weight is 209 g/mol. The number of hydrogen-bond acceptors (Lipinski definition) is 1. The van der Waals surface area contributed by atoms with Gasteiger partial charge in [-0.15, -0.1) is 6.58 Å². The monoisotopic (exact) mass is 209 g/mol. The summed E-state index contributed by atoms with van der Waals surface area (Å²) in [6, 6.07) is -1.39. The van der Waals surface area contributed by atoms with Crippen molar-refractivity contribution < 1.29 is 13.2 Å². The van der Waals surface area contributed by atoms with E-state index in [1.54, 1.807) is 6.92 Å². The van der Waals surface area contributed by atoms with Crippen molar-refractivity contribution in [3.8, 4) is 0 Å². The standard InChI is InChI=1S/C10H18F3N/c1-4-7-14-9(10(11,12)13)6-5-8(2)3/h9,14H,2,4-7H2,1,3H3. The first-order valence-electron chi connectivity index (χ1n) is 4.82. The summed E-state index contributed by atoms with van der Waals surface area (Å²) in [5, 5.41) is 2.50. The van der Waals surface area contributed by atoms with Crippen molar-refractivity contribution in [2.24, 2.45) is 0 Å². The van der Waals surface area contributed by atoms with Gasteiger partial charge in [0.1, 0.15) is 6.04 Å². The van der Waals surface area contributed by atoms with Gasteiger partial charge in [-0.1, -0.05) is 12.5 Å². The SMILES string of the molecule is C=C(C)CCC(NCCC)C(F)(F)F. The van der Waals surface area contributed by atoms with Crippen LogP contribution in [0, 0.1) is 0 Å². The molecule has 0 heterocycles. The molecule has 0 fully saturated rings. The summed E-state index contributed by atoms with van der Waals surface area (Å²) in [5.41, 5.74) is 0.789. The highest BCUT2D eigenvalue weighted by Crippen LogP contribution is 2.24. The Hall–Kier alpha value is -0.510. The lowest BCUT2D eigenvalue weighted by Gasteiger charge is -2.21. The van der Waals surface area contributed by atoms with Crippen LogP contribution in [0.4, 0.5) is 13.2 Å². The molecule has 1 nitrogen and oxygen atoms in total. The van der Waals surface area contributed by atoms with Crippen molar-refractivity contribution in [1.82, 2.24) is 5.32 Å². The molecule has 0 aromatic rings.